The molecule has 1 aromatic carbocycles. The van der Waals surface area contributed by atoms with E-state index >= 15 is 0 Å². The van der Waals surface area contributed by atoms with Crippen molar-refractivity contribution < 1.29 is 8.42 Å². The lowest BCUT2D eigenvalue weighted by Gasteiger charge is -2.15. The minimum absolute atomic E-state index is 0.110. The molecule has 0 aliphatic heterocycles. The third kappa shape index (κ3) is 2.95. The zero-order valence-electron chi connectivity index (χ0n) is 10.7. The molecule has 1 aromatic rings. The summed E-state index contributed by atoms with van der Waals surface area (Å²) >= 11 is 3.42. The summed E-state index contributed by atoms with van der Waals surface area (Å²) in [5.41, 5.74) is 1.71. The van der Waals surface area contributed by atoms with Crippen LogP contribution in [0.15, 0.2) is 21.5 Å². The molecule has 0 atom stereocenters. The second kappa shape index (κ2) is 5.31. The van der Waals surface area contributed by atoms with Crippen molar-refractivity contribution in [2.45, 2.75) is 50.5 Å². The van der Waals surface area contributed by atoms with E-state index in [0.29, 0.717) is 4.90 Å². The van der Waals surface area contributed by atoms with Crippen molar-refractivity contribution in [1.29, 1.82) is 0 Å². The molecule has 0 amide bonds. The van der Waals surface area contributed by atoms with E-state index < -0.39 is 10.0 Å². The van der Waals surface area contributed by atoms with Gasteiger partial charge < -0.3 is 0 Å². The summed E-state index contributed by atoms with van der Waals surface area (Å²) in [6.07, 6.45) is 4.14. The Bertz CT molecular complexity index is 548. The van der Waals surface area contributed by atoms with Crippen LogP contribution < -0.4 is 4.72 Å². The molecule has 0 saturated heterocycles. The van der Waals surface area contributed by atoms with Gasteiger partial charge in [-0.1, -0.05) is 28.8 Å². The monoisotopic (exact) mass is 331 g/mol. The van der Waals surface area contributed by atoms with Gasteiger partial charge in [0, 0.05) is 10.5 Å². The van der Waals surface area contributed by atoms with Crippen molar-refractivity contribution in [3.05, 3.63) is 27.7 Å². The van der Waals surface area contributed by atoms with Gasteiger partial charge in [0.1, 0.15) is 0 Å². The lowest BCUT2D eigenvalue weighted by atomic mass is 10.2. The smallest absolute Gasteiger partial charge is 0.208 e. The Balaban J connectivity index is 2.31. The van der Waals surface area contributed by atoms with Gasteiger partial charge in [0.15, 0.2) is 0 Å². The fraction of sp³-hybridized carbons (Fsp3) is 0.538. The minimum atomic E-state index is -3.38. The van der Waals surface area contributed by atoms with Crippen LogP contribution >= 0.6 is 15.9 Å². The molecule has 0 spiro atoms. The van der Waals surface area contributed by atoms with Crippen molar-refractivity contribution in [3.8, 4) is 0 Å². The molecule has 1 N–H and O–H groups in total. The molecule has 0 heterocycles. The quantitative estimate of drug-likeness (QED) is 0.923. The van der Waals surface area contributed by atoms with Crippen molar-refractivity contribution in [2.75, 3.05) is 0 Å². The van der Waals surface area contributed by atoms with E-state index in [1.807, 2.05) is 19.9 Å². The summed E-state index contributed by atoms with van der Waals surface area (Å²) in [6, 6.07) is 3.70. The Morgan fingerprint density at radius 1 is 1.17 bits per heavy atom. The lowest BCUT2D eigenvalue weighted by molar-refractivity contribution is 0.551. The number of rotatable bonds is 3. The first-order valence-corrected chi connectivity index (χ1v) is 8.47. The van der Waals surface area contributed by atoms with E-state index in [4.69, 9.17) is 0 Å². The van der Waals surface area contributed by atoms with Gasteiger partial charge in [0.2, 0.25) is 10.0 Å². The van der Waals surface area contributed by atoms with Crippen LogP contribution in [-0.4, -0.2) is 14.5 Å². The van der Waals surface area contributed by atoms with Crippen LogP contribution in [0.2, 0.25) is 0 Å². The predicted molar refractivity (Wildman–Crippen MR) is 76.2 cm³/mol. The summed E-state index contributed by atoms with van der Waals surface area (Å²) in [4.78, 5) is 0.398. The molecule has 5 heteroatoms. The maximum atomic E-state index is 12.3. The van der Waals surface area contributed by atoms with Crippen LogP contribution in [0.4, 0.5) is 0 Å². The molecule has 1 aliphatic carbocycles. The molecule has 1 fully saturated rings. The van der Waals surface area contributed by atoms with Gasteiger partial charge >= 0.3 is 0 Å². The Morgan fingerprint density at radius 2 is 1.78 bits per heavy atom. The van der Waals surface area contributed by atoms with E-state index in [1.54, 1.807) is 6.07 Å². The van der Waals surface area contributed by atoms with E-state index in [0.717, 1.165) is 41.3 Å². The molecule has 0 unspecified atom stereocenters. The van der Waals surface area contributed by atoms with Crippen molar-refractivity contribution in [3.63, 3.8) is 0 Å². The van der Waals surface area contributed by atoms with Crippen LogP contribution in [0, 0.1) is 13.8 Å². The number of sulfonamides is 1. The summed E-state index contributed by atoms with van der Waals surface area (Å²) in [6.45, 7) is 3.73. The maximum Gasteiger partial charge on any atom is 0.241 e. The fourth-order valence-electron chi connectivity index (χ4n) is 2.37. The van der Waals surface area contributed by atoms with Gasteiger partial charge in [-0.3, -0.25) is 0 Å². The number of hydrogen-bond acceptors (Lipinski definition) is 2. The molecule has 18 heavy (non-hydrogen) atoms. The molecule has 1 aliphatic rings. The zero-order chi connectivity index (χ0) is 13.3. The molecular weight excluding hydrogens is 314 g/mol. The number of aryl methyl sites for hydroxylation is 2. The van der Waals surface area contributed by atoms with Gasteiger partial charge in [0.25, 0.3) is 0 Å². The SMILES string of the molecule is Cc1cc(S(=O)(=O)NC2CCCC2)c(C)cc1Br. The highest BCUT2D eigenvalue weighted by molar-refractivity contribution is 9.10. The van der Waals surface area contributed by atoms with E-state index in [-0.39, 0.29) is 6.04 Å². The van der Waals surface area contributed by atoms with E-state index in [9.17, 15) is 8.42 Å². The fourth-order valence-corrected chi connectivity index (χ4v) is 4.44. The summed E-state index contributed by atoms with van der Waals surface area (Å²) in [5, 5.41) is 0. The van der Waals surface area contributed by atoms with Crippen LogP contribution in [0.25, 0.3) is 0 Å². The predicted octanol–water partition coefficient (Wildman–Crippen LogP) is 3.29. The summed E-state index contributed by atoms with van der Waals surface area (Å²) in [7, 11) is -3.38. The molecule has 0 radical (unpaired) electrons. The lowest BCUT2D eigenvalue weighted by Crippen LogP contribution is -2.33. The average molecular weight is 332 g/mol. The third-order valence-electron chi connectivity index (χ3n) is 3.42. The molecule has 2 rings (SSSR count). The summed E-state index contributed by atoms with van der Waals surface area (Å²) in [5.74, 6) is 0. The highest BCUT2D eigenvalue weighted by Crippen LogP contribution is 2.26. The second-order valence-corrected chi connectivity index (χ2v) is 7.51. The van der Waals surface area contributed by atoms with Crippen molar-refractivity contribution in [1.82, 2.24) is 4.72 Å². The van der Waals surface area contributed by atoms with Crippen LogP contribution in [-0.2, 0) is 10.0 Å². The van der Waals surface area contributed by atoms with E-state index in [2.05, 4.69) is 20.7 Å². The van der Waals surface area contributed by atoms with Gasteiger partial charge in [-0.05, 0) is 49.9 Å². The van der Waals surface area contributed by atoms with Gasteiger partial charge in [-0.2, -0.15) is 0 Å². The number of nitrogens with one attached hydrogen (secondary N) is 1. The van der Waals surface area contributed by atoms with E-state index in [1.165, 1.54) is 0 Å². The van der Waals surface area contributed by atoms with Crippen molar-refractivity contribution >= 4 is 26.0 Å². The molecule has 3 nitrogen and oxygen atoms in total. The topological polar surface area (TPSA) is 46.2 Å². The normalized spacial score (nSPS) is 17.3. The maximum absolute atomic E-state index is 12.3. The highest BCUT2D eigenvalue weighted by Gasteiger charge is 2.24. The standard InChI is InChI=1S/C13H18BrNO2S/c1-9-8-13(10(2)7-12(9)14)18(16,17)15-11-5-3-4-6-11/h7-8,11,15H,3-6H2,1-2H3. The Hall–Kier alpha value is -0.390. The summed E-state index contributed by atoms with van der Waals surface area (Å²) < 4.78 is 28.5. The minimum Gasteiger partial charge on any atom is -0.208 e. The van der Waals surface area contributed by atoms with Gasteiger partial charge in [0.05, 0.1) is 4.90 Å². The molecule has 100 valence electrons. The second-order valence-electron chi connectivity index (χ2n) is 4.97. The molecular formula is C13H18BrNO2S. The number of halogens is 1. The molecule has 0 aromatic heterocycles. The van der Waals surface area contributed by atoms with Gasteiger partial charge in [-0.25, -0.2) is 13.1 Å². The van der Waals surface area contributed by atoms with Crippen LogP contribution in [0.5, 0.6) is 0 Å². The number of benzene rings is 1. The Morgan fingerprint density at radius 3 is 2.39 bits per heavy atom. The average Bonchev–Trinajstić information content (AvgIpc) is 2.75. The number of hydrogen-bond donors (Lipinski definition) is 1. The van der Waals surface area contributed by atoms with Crippen molar-refractivity contribution in [2.24, 2.45) is 0 Å². The third-order valence-corrected chi connectivity index (χ3v) is 5.94. The molecule has 0 bridgehead atoms. The first-order chi connectivity index (χ1) is 8.40. The Kier molecular flexibility index (Phi) is 4.14. The first kappa shape index (κ1) is 14.0. The van der Waals surface area contributed by atoms with Crippen LogP contribution in [0.1, 0.15) is 36.8 Å². The van der Waals surface area contributed by atoms with Crippen LogP contribution in [0.3, 0.4) is 0 Å². The van der Waals surface area contributed by atoms with Gasteiger partial charge in [-0.15, -0.1) is 0 Å². The largest absolute Gasteiger partial charge is 0.241 e. The zero-order valence-corrected chi connectivity index (χ0v) is 13.1. The first-order valence-electron chi connectivity index (χ1n) is 6.19. The Labute approximate surface area is 117 Å². The molecule has 1 saturated carbocycles. The highest BCUT2D eigenvalue weighted by atomic mass is 79.9.